The fraction of sp³-hybridized carbons (Fsp3) is 0.148. The molecule has 37 heavy (non-hydrogen) atoms. The predicted molar refractivity (Wildman–Crippen MR) is 139 cm³/mol. The molecule has 0 spiro atoms. The molecule has 3 aromatic carbocycles. The quantitative estimate of drug-likeness (QED) is 0.294. The fourth-order valence-electron chi connectivity index (χ4n) is 3.69. The number of urea groups is 1. The first-order valence-electron chi connectivity index (χ1n) is 11.2. The van der Waals surface area contributed by atoms with E-state index >= 15 is 0 Å². The Morgan fingerprint density at radius 2 is 1.92 bits per heavy atom. The summed E-state index contributed by atoms with van der Waals surface area (Å²) < 4.78 is 25.3. The van der Waals surface area contributed by atoms with Crippen molar-refractivity contribution >= 4 is 45.5 Å². The highest BCUT2D eigenvalue weighted by Crippen LogP contribution is 2.38. The Balaban J connectivity index is 1.47. The van der Waals surface area contributed by atoms with E-state index in [1.807, 2.05) is 13.0 Å². The third-order valence-corrected chi connectivity index (χ3v) is 5.99. The third kappa shape index (κ3) is 6.34. The predicted octanol–water partition coefficient (Wildman–Crippen LogP) is 5.02. The number of anilines is 1. The van der Waals surface area contributed by atoms with Crippen LogP contribution in [-0.2, 0) is 16.2 Å². The van der Waals surface area contributed by atoms with Gasteiger partial charge in [0.2, 0.25) is 5.91 Å². The summed E-state index contributed by atoms with van der Waals surface area (Å²) in [4.78, 5) is 38.5. The first-order chi connectivity index (χ1) is 17.7. The molecule has 10 heteroatoms. The first kappa shape index (κ1) is 25.9. The highest BCUT2D eigenvalue weighted by atomic mass is 79.9. The van der Waals surface area contributed by atoms with Gasteiger partial charge in [-0.3, -0.25) is 9.59 Å². The van der Waals surface area contributed by atoms with E-state index in [-0.39, 0.29) is 18.1 Å². The maximum absolute atomic E-state index is 13.5. The van der Waals surface area contributed by atoms with E-state index in [1.54, 1.807) is 42.5 Å². The summed E-state index contributed by atoms with van der Waals surface area (Å²) in [6.07, 6.45) is 1.47. The summed E-state index contributed by atoms with van der Waals surface area (Å²) in [7, 11) is 1.46. The molecule has 1 heterocycles. The van der Waals surface area contributed by atoms with Crippen LogP contribution in [0.4, 0.5) is 14.9 Å². The molecule has 0 radical (unpaired) electrons. The minimum atomic E-state index is -0.697. The standard InChI is InChI=1S/C27H23BrFN3O5/c1-16-5-3-8-20(9-16)30-24(33)14-32-26(34)22(31-27(32)35)12-18-11-21(28)25(23(13-18)36-2)37-15-17-6-4-7-19(29)10-17/h3-13H,14-15H2,1-2H3,(H,30,33)(H,31,35)/b22-12+. The van der Waals surface area contributed by atoms with Gasteiger partial charge in [0, 0.05) is 5.69 Å². The molecular weight excluding hydrogens is 545 g/mol. The van der Waals surface area contributed by atoms with Crippen molar-refractivity contribution in [2.45, 2.75) is 13.5 Å². The average Bonchev–Trinajstić information content (AvgIpc) is 3.10. The number of methoxy groups -OCH3 is 1. The van der Waals surface area contributed by atoms with Crippen LogP contribution in [-0.4, -0.2) is 36.4 Å². The number of hydrogen-bond donors (Lipinski definition) is 2. The molecule has 190 valence electrons. The maximum Gasteiger partial charge on any atom is 0.329 e. The largest absolute Gasteiger partial charge is 0.493 e. The number of nitrogens with zero attached hydrogens (tertiary/aromatic N) is 1. The zero-order valence-electron chi connectivity index (χ0n) is 20.0. The lowest BCUT2D eigenvalue weighted by molar-refractivity contribution is -0.127. The van der Waals surface area contributed by atoms with Crippen molar-refractivity contribution < 1.29 is 28.2 Å². The number of benzene rings is 3. The fourth-order valence-corrected chi connectivity index (χ4v) is 4.27. The van der Waals surface area contributed by atoms with Gasteiger partial charge in [0.05, 0.1) is 11.6 Å². The topological polar surface area (TPSA) is 97.0 Å². The molecule has 1 saturated heterocycles. The minimum absolute atomic E-state index is 0.00994. The molecule has 0 unspecified atom stereocenters. The lowest BCUT2D eigenvalue weighted by atomic mass is 10.1. The number of amides is 4. The molecule has 8 nitrogen and oxygen atoms in total. The van der Waals surface area contributed by atoms with E-state index in [2.05, 4.69) is 26.6 Å². The number of nitrogens with one attached hydrogen (secondary N) is 2. The Hall–Kier alpha value is -4.18. The zero-order chi connectivity index (χ0) is 26.5. The van der Waals surface area contributed by atoms with Crippen molar-refractivity contribution in [1.82, 2.24) is 10.2 Å². The van der Waals surface area contributed by atoms with Crippen LogP contribution >= 0.6 is 15.9 Å². The molecule has 1 aliphatic rings. The molecule has 0 bridgehead atoms. The van der Waals surface area contributed by atoms with Crippen LogP contribution in [0.25, 0.3) is 6.08 Å². The van der Waals surface area contributed by atoms with Crippen molar-refractivity contribution in [2.75, 3.05) is 19.0 Å². The van der Waals surface area contributed by atoms with E-state index in [0.29, 0.717) is 32.8 Å². The number of aryl methyl sites for hydroxylation is 1. The highest BCUT2D eigenvalue weighted by molar-refractivity contribution is 9.10. The van der Waals surface area contributed by atoms with Gasteiger partial charge in [-0.25, -0.2) is 14.1 Å². The highest BCUT2D eigenvalue weighted by Gasteiger charge is 2.35. The molecule has 0 saturated carbocycles. The van der Waals surface area contributed by atoms with Crippen LogP contribution in [0, 0.1) is 12.7 Å². The normalized spacial score (nSPS) is 14.1. The summed E-state index contributed by atoms with van der Waals surface area (Å²) in [5, 5.41) is 5.18. The van der Waals surface area contributed by atoms with Crippen LogP contribution < -0.4 is 20.1 Å². The van der Waals surface area contributed by atoms with Crippen molar-refractivity contribution in [3.05, 3.63) is 93.3 Å². The van der Waals surface area contributed by atoms with Gasteiger partial charge in [-0.2, -0.15) is 0 Å². The number of carbonyl (C=O) groups excluding carboxylic acids is 3. The van der Waals surface area contributed by atoms with Gasteiger partial charge < -0.3 is 20.1 Å². The molecule has 0 aliphatic carbocycles. The van der Waals surface area contributed by atoms with Crippen molar-refractivity contribution in [1.29, 1.82) is 0 Å². The molecule has 4 rings (SSSR count). The molecule has 3 aromatic rings. The lowest BCUT2D eigenvalue weighted by Crippen LogP contribution is -2.38. The number of halogens is 2. The molecule has 1 aliphatic heterocycles. The van der Waals surface area contributed by atoms with Crippen LogP contribution in [0.15, 0.2) is 70.8 Å². The Morgan fingerprint density at radius 1 is 1.14 bits per heavy atom. The lowest BCUT2D eigenvalue weighted by Gasteiger charge is -2.14. The van der Waals surface area contributed by atoms with E-state index < -0.39 is 24.4 Å². The van der Waals surface area contributed by atoms with Crippen molar-refractivity contribution in [3.8, 4) is 11.5 Å². The molecule has 0 atom stereocenters. The summed E-state index contributed by atoms with van der Waals surface area (Å²) in [5.74, 6) is -0.738. The summed E-state index contributed by atoms with van der Waals surface area (Å²) >= 11 is 3.44. The van der Waals surface area contributed by atoms with E-state index in [9.17, 15) is 18.8 Å². The Morgan fingerprint density at radius 3 is 2.65 bits per heavy atom. The zero-order valence-corrected chi connectivity index (χ0v) is 21.6. The average molecular weight is 568 g/mol. The Labute approximate surface area is 221 Å². The van der Waals surface area contributed by atoms with Crippen LogP contribution in [0.2, 0.25) is 0 Å². The van der Waals surface area contributed by atoms with Crippen molar-refractivity contribution in [2.24, 2.45) is 0 Å². The summed E-state index contributed by atoms with van der Waals surface area (Å²) in [5.41, 5.74) is 2.73. The molecule has 0 aromatic heterocycles. The van der Waals surface area contributed by atoms with Crippen LogP contribution in [0.5, 0.6) is 11.5 Å². The van der Waals surface area contributed by atoms with Crippen molar-refractivity contribution in [3.63, 3.8) is 0 Å². The van der Waals surface area contributed by atoms with Gasteiger partial charge in [0.15, 0.2) is 11.5 Å². The summed E-state index contributed by atoms with van der Waals surface area (Å²) in [6.45, 7) is 1.57. The van der Waals surface area contributed by atoms with Gasteiger partial charge >= 0.3 is 6.03 Å². The van der Waals surface area contributed by atoms with E-state index in [1.165, 1.54) is 25.3 Å². The van der Waals surface area contributed by atoms with Gasteiger partial charge in [-0.05, 0) is 82.0 Å². The third-order valence-electron chi connectivity index (χ3n) is 5.40. The molecule has 4 amide bonds. The Kier molecular flexibility index (Phi) is 7.88. The number of imide groups is 1. The first-order valence-corrected chi connectivity index (χ1v) is 12.0. The second-order valence-electron chi connectivity index (χ2n) is 8.25. The SMILES string of the molecule is COc1cc(/C=C2/NC(=O)N(CC(=O)Nc3cccc(C)c3)C2=O)cc(Br)c1OCc1cccc(F)c1. The van der Waals surface area contributed by atoms with Gasteiger partial charge in [0.25, 0.3) is 5.91 Å². The van der Waals surface area contributed by atoms with Gasteiger partial charge in [-0.15, -0.1) is 0 Å². The molecule has 2 N–H and O–H groups in total. The maximum atomic E-state index is 13.5. The number of carbonyl (C=O) groups is 3. The Bertz CT molecular complexity index is 1410. The van der Waals surface area contributed by atoms with Gasteiger partial charge in [0.1, 0.15) is 24.7 Å². The summed E-state index contributed by atoms with van der Waals surface area (Å²) in [6, 6.07) is 15.9. The van der Waals surface area contributed by atoms with E-state index in [4.69, 9.17) is 9.47 Å². The van der Waals surface area contributed by atoms with Gasteiger partial charge in [-0.1, -0.05) is 24.3 Å². The van der Waals surface area contributed by atoms with E-state index in [0.717, 1.165) is 10.5 Å². The number of hydrogen-bond acceptors (Lipinski definition) is 5. The minimum Gasteiger partial charge on any atom is -0.493 e. The molecule has 1 fully saturated rings. The number of rotatable bonds is 8. The molecular formula is C27H23BrFN3O5. The second kappa shape index (κ2) is 11.3. The number of ether oxygens (including phenoxy) is 2. The van der Waals surface area contributed by atoms with Crippen LogP contribution in [0.1, 0.15) is 16.7 Å². The second-order valence-corrected chi connectivity index (χ2v) is 9.10. The van der Waals surface area contributed by atoms with Crippen LogP contribution in [0.3, 0.4) is 0 Å². The smallest absolute Gasteiger partial charge is 0.329 e. The monoisotopic (exact) mass is 567 g/mol.